The van der Waals surface area contributed by atoms with Crippen LogP contribution in [0.4, 0.5) is 0 Å². The van der Waals surface area contributed by atoms with Gasteiger partial charge in [0.05, 0.1) is 70.2 Å². The zero-order valence-corrected chi connectivity index (χ0v) is 54.5. The smallest absolute Gasteiger partial charge is 0.390 e. The van der Waals surface area contributed by atoms with Gasteiger partial charge in [-0.3, -0.25) is 41.3 Å². The minimum absolute atomic E-state index is 0.225. The Morgan fingerprint density at radius 1 is 0.557 bits per heavy atom. The van der Waals surface area contributed by atoms with E-state index in [9.17, 15) is 95.4 Å². The van der Waals surface area contributed by atoms with Gasteiger partial charge in [0.25, 0.3) is 0 Å². The summed E-state index contributed by atoms with van der Waals surface area (Å²) in [6, 6.07) is 6.95. The monoisotopic (exact) mass is 1430 g/mol. The van der Waals surface area contributed by atoms with Crippen LogP contribution in [-0.2, 0) is 111 Å². The number of amides is 2. The number of phosphoric ester groups is 5. The summed E-state index contributed by atoms with van der Waals surface area (Å²) in [5.41, 5.74) is 6.18. The zero-order valence-electron chi connectivity index (χ0n) is 47.4. The number of benzene rings is 1. The van der Waals surface area contributed by atoms with Crippen LogP contribution in [0.3, 0.4) is 0 Å². The van der Waals surface area contributed by atoms with E-state index in [-0.39, 0.29) is 56.3 Å². The molecule has 0 aromatic heterocycles. The zero-order chi connectivity index (χ0) is 65.8. The Bertz CT molecular complexity index is 2790. The summed E-state index contributed by atoms with van der Waals surface area (Å²) in [4.78, 5) is 122. The number of ether oxygens (including phenoxy) is 2. The Morgan fingerprint density at radius 2 is 0.966 bits per heavy atom. The highest BCUT2D eigenvalue weighted by Gasteiger charge is 2.47. The van der Waals surface area contributed by atoms with Gasteiger partial charge in [-0.2, -0.15) is 17.2 Å². The summed E-state index contributed by atoms with van der Waals surface area (Å²) >= 11 is 0. The Balaban J connectivity index is 0.000000378. The van der Waals surface area contributed by atoms with E-state index in [0.29, 0.717) is 5.56 Å². The molecule has 15 N–H and O–H groups in total. The molecule has 510 valence electrons. The molecule has 2 saturated carbocycles. The highest BCUT2D eigenvalue weighted by atomic mass is 31.3. The van der Waals surface area contributed by atoms with Crippen molar-refractivity contribution in [3.8, 4) is 0 Å². The van der Waals surface area contributed by atoms with E-state index in [1.807, 2.05) is 0 Å². The van der Waals surface area contributed by atoms with Gasteiger partial charge in [-0.15, -0.1) is 0 Å². The van der Waals surface area contributed by atoms with Gasteiger partial charge in [0.1, 0.15) is 24.0 Å². The fourth-order valence-corrected chi connectivity index (χ4v) is 17.8. The number of hydrogen-bond acceptors (Lipinski definition) is 26. The van der Waals surface area contributed by atoms with Crippen LogP contribution in [0.1, 0.15) is 102 Å². The highest BCUT2D eigenvalue weighted by molar-refractivity contribution is 7.67. The molecule has 2 saturated heterocycles. The first-order valence-corrected chi connectivity index (χ1v) is 39.6. The van der Waals surface area contributed by atoms with Crippen LogP contribution in [0.15, 0.2) is 30.3 Å². The van der Waals surface area contributed by atoms with Crippen molar-refractivity contribution in [2.45, 2.75) is 146 Å². The second-order valence-electron chi connectivity index (χ2n) is 20.7. The van der Waals surface area contributed by atoms with Gasteiger partial charge in [-0.1, -0.05) is 68.9 Å². The predicted octanol–water partition coefficient (Wildman–Crippen LogP) is 3.96. The number of aliphatic hydroxyl groups excluding tert-OH is 2. The van der Waals surface area contributed by atoms with Gasteiger partial charge in [0.15, 0.2) is 0 Å². The van der Waals surface area contributed by atoms with E-state index < -0.39 is 169 Å². The first kappa shape index (κ1) is 79.1. The Kier molecular flexibility index (Phi) is 32.4. The van der Waals surface area contributed by atoms with Crippen molar-refractivity contribution in [1.29, 1.82) is 0 Å². The Hall–Kier alpha value is -1.29. The summed E-state index contributed by atoms with van der Waals surface area (Å²) in [5.74, 6) is -2.83. The third-order valence-corrected chi connectivity index (χ3v) is 23.8. The molecule has 5 rings (SSSR count). The number of nitrogens with two attached hydrogens (primary N) is 1. The van der Waals surface area contributed by atoms with Crippen LogP contribution in [0.25, 0.3) is 0 Å². The van der Waals surface area contributed by atoms with Gasteiger partial charge in [-0.25, -0.2) is 32.0 Å². The average Bonchev–Trinajstić information content (AvgIpc) is 4.05. The molecule has 1 aromatic rings. The Labute approximate surface area is 505 Å². The summed E-state index contributed by atoms with van der Waals surface area (Å²) in [6.07, 6.45) is 4.70. The van der Waals surface area contributed by atoms with Gasteiger partial charge in [-0.05, 0) is 56.4 Å². The molecule has 15 atom stereocenters. The minimum Gasteiger partial charge on any atom is -0.390 e. The molecule has 45 heteroatoms. The lowest BCUT2D eigenvalue weighted by Gasteiger charge is -2.27. The second-order valence-corrected chi connectivity index (χ2v) is 33.2. The fraction of sp³-hybridized carbons (Fsp3) is 0.791. The van der Waals surface area contributed by atoms with Crippen LogP contribution < -0.4 is 16.4 Å². The van der Waals surface area contributed by atoms with E-state index in [1.165, 1.54) is 6.92 Å². The summed E-state index contributed by atoms with van der Waals surface area (Å²) < 4.78 is 151. The molecule has 0 spiro atoms. The lowest BCUT2D eigenvalue weighted by Crippen LogP contribution is -2.44. The molecule has 2 aliphatic heterocycles. The topological polar surface area (TPSA) is 571 Å². The summed E-state index contributed by atoms with van der Waals surface area (Å²) in [6.45, 7) is -3.78. The molecule has 2 amide bonds. The third kappa shape index (κ3) is 31.8. The van der Waals surface area contributed by atoms with Gasteiger partial charge in [0, 0.05) is 38.3 Å². The van der Waals surface area contributed by atoms with Crippen molar-refractivity contribution >= 4 is 80.0 Å². The van der Waals surface area contributed by atoms with Crippen molar-refractivity contribution in [3.05, 3.63) is 35.9 Å². The van der Waals surface area contributed by atoms with Crippen LogP contribution in [0.2, 0.25) is 0 Å². The largest absolute Gasteiger partial charge is 0.490 e. The molecule has 4 aliphatic rings. The number of hydrogen-bond donors (Lipinski definition) is 14. The van der Waals surface area contributed by atoms with Crippen LogP contribution in [0, 0.1) is 17.8 Å². The normalized spacial score (nSPS) is 26.8. The number of rotatable bonds is 37. The van der Waals surface area contributed by atoms with Gasteiger partial charge >= 0.3 is 62.4 Å². The highest BCUT2D eigenvalue weighted by Crippen LogP contribution is 2.69. The number of carbonyl (C=O) groups is 3. The molecule has 2 heterocycles. The number of aliphatic hydroxyl groups is 2. The van der Waals surface area contributed by atoms with E-state index in [1.54, 1.807) is 30.3 Å². The maximum atomic E-state index is 12.2. The quantitative estimate of drug-likeness (QED) is 0.0331. The standard InChI is InChI=1S/C23H40N2O17P4.C20H39NO17P4/c24-19(15-38-43(28,29)37-14-17-7-3-1-4-8-17)23(27)25-11-12-36-44(30,31)41-46(34,35)42-45(32,33)39-16-22-20(26)13-21(40-22)18-9-5-2-6-10-18;1-14(22)11-16(7-10-39(25,26)27)20(24)21-8-9-34-40(28,29)37-42(32,33)38-41(30,31)35-13-19-17(23)12-18(36-19)15-5-3-2-4-6-15/h1,3-4,7-8,18-22,26H,2,5-6,9-16,24H2,(H,25,27)(H,28,29)(H,30,31)(H,32,33)(H,34,35);15-19,23H,2-13H2,1H3,(H,21,24)(H,28,29)(H,30,31)(H,32,33)(H2,25,26,27)/t19?,20?,21-,22-;16?,17?,18-,19-/m11/s1. The number of ketones is 1. The molecule has 2 aliphatic carbocycles. The first-order valence-electron chi connectivity index (χ1n) is 27.3. The van der Waals surface area contributed by atoms with Crippen LogP contribution >= 0.6 is 62.4 Å². The maximum absolute atomic E-state index is 12.2. The molecule has 0 radical (unpaired) electrons. The van der Waals surface area contributed by atoms with Crippen molar-refractivity contribution < 1.29 is 159 Å². The van der Waals surface area contributed by atoms with E-state index in [2.05, 4.69) is 46.0 Å². The fourth-order valence-electron chi connectivity index (χ4n) is 9.38. The first-order chi connectivity index (χ1) is 40.7. The van der Waals surface area contributed by atoms with Crippen molar-refractivity contribution in [2.24, 2.45) is 23.5 Å². The molecule has 37 nitrogen and oxygen atoms in total. The summed E-state index contributed by atoms with van der Waals surface area (Å²) in [5, 5.41) is 24.9. The number of carbonyl (C=O) groups excluding carboxylic acids is 3. The van der Waals surface area contributed by atoms with E-state index in [4.69, 9.17) is 34.0 Å². The van der Waals surface area contributed by atoms with Gasteiger partial charge < -0.3 is 84.9 Å². The summed E-state index contributed by atoms with van der Waals surface area (Å²) in [7, 11) is -42.1. The van der Waals surface area contributed by atoms with Crippen LogP contribution in [-0.4, -0.2) is 167 Å². The molecule has 88 heavy (non-hydrogen) atoms. The molecule has 1 aromatic carbocycles. The molecule has 0 bridgehead atoms. The van der Waals surface area contributed by atoms with Gasteiger partial charge in [0.2, 0.25) is 11.8 Å². The van der Waals surface area contributed by atoms with E-state index >= 15 is 0 Å². The lowest BCUT2D eigenvalue weighted by atomic mass is 9.84. The van der Waals surface area contributed by atoms with Crippen LogP contribution in [0.5, 0.6) is 0 Å². The maximum Gasteiger partial charge on any atom is 0.490 e. The lowest BCUT2D eigenvalue weighted by molar-refractivity contribution is -0.129. The van der Waals surface area contributed by atoms with Crippen molar-refractivity contribution in [2.75, 3.05) is 52.3 Å². The molecular weight excluding hydrogens is 1350 g/mol. The predicted molar refractivity (Wildman–Crippen MR) is 300 cm³/mol. The number of phosphoric acid groups is 7. The Morgan fingerprint density at radius 3 is 1.38 bits per heavy atom. The molecule has 11 unspecified atom stereocenters. The number of nitrogens with one attached hydrogen (secondary N) is 2. The van der Waals surface area contributed by atoms with E-state index in [0.717, 1.165) is 64.2 Å². The second kappa shape index (κ2) is 36.0. The number of Topliss-reactive ketones (excluding diaryl/α,β-unsaturated/α-hetero) is 1. The van der Waals surface area contributed by atoms with Crippen molar-refractivity contribution in [1.82, 2.24) is 10.6 Å². The average molecular weight is 1430 g/mol. The molecule has 4 fully saturated rings. The SMILES string of the molecule is CC(=O)CC(CCP(=O)(O)O)C(=O)NCCOP(=O)(O)OP(=O)(O)OP(=O)(O)OC[C@H]1O[C@@H](C2CCCCC2)CC1O.NC(COP(=O)(O)OCc1ccccc1)C(=O)NCCOP(=O)(O)OP(=O)(O)OP(=O)(O)OC[C@H]1O[C@@H](C2CCCCC2)CC1O. The minimum atomic E-state index is -5.75. The van der Waals surface area contributed by atoms with Crippen molar-refractivity contribution in [3.63, 3.8) is 0 Å². The third-order valence-electron chi connectivity index (χ3n) is 13.5. The molecular formula is C43H79N3O34P8.